The van der Waals surface area contributed by atoms with Gasteiger partial charge in [0.25, 0.3) is 5.91 Å². The highest BCUT2D eigenvalue weighted by Crippen LogP contribution is 2.27. The molecule has 0 fully saturated rings. The smallest absolute Gasteiger partial charge is 0.286 e. The van der Waals surface area contributed by atoms with E-state index in [9.17, 15) is 4.79 Å². The fraction of sp³-hybridized carbons (Fsp3) is 0.200. The summed E-state index contributed by atoms with van der Waals surface area (Å²) in [5.74, 6) is 3.60. The standard InChI is InChI=1S/C20H18N2O3S/c1-3-13-22-19-16(24-4-2)11-8-12-17(19)26-20(22)21-18(23)14-25-15-9-6-5-7-10-15/h1,5-12H,4,13-14H2,2H3. The van der Waals surface area contributed by atoms with Crippen molar-refractivity contribution in [1.29, 1.82) is 0 Å². The van der Waals surface area contributed by atoms with Crippen LogP contribution in [-0.4, -0.2) is 23.7 Å². The van der Waals surface area contributed by atoms with Gasteiger partial charge < -0.3 is 14.0 Å². The van der Waals surface area contributed by atoms with Gasteiger partial charge in [-0.25, -0.2) is 0 Å². The zero-order valence-corrected chi connectivity index (χ0v) is 15.2. The Labute approximate surface area is 155 Å². The Balaban J connectivity index is 1.94. The molecule has 0 atom stereocenters. The van der Waals surface area contributed by atoms with Crippen LogP contribution in [0.5, 0.6) is 11.5 Å². The van der Waals surface area contributed by atoms with Crippen LogP contribution in [0.3, 0.4) is 0 Å². The average molecular weight is 366 g/mol. The van der Waals surface area contributed by atoms with Crippen molar-refractivity contribution in [2.75, 3.05) is 13.2 Å². The van der Waals surface area contributed by atoms with Gasteiger partial charge in [0.05, 0.1) is 17.9 Å². The lowest BCUT2D eigenvalue weighted by molar-refractivity contribution is -0.120. The molecule has 5 nitrogen and oxygen atoms in total. The number of thiazole rings is 1. The van der Waals surface area contributed by atoms with Crippen LogP contribution < -0.4 is 14.3 Å². The molecule has 1 heterocycles. The van der Waals surface area contributed by atoms with E-state index in [0.29, 0.717) is 23.7 Å². The molecule has 0 aliphatic heterocycles. The Morgan fingerprint density at radius 2 is 2.00 bits per heavy atom. The minimum atomic E-state index is -0.371. The fourth-order valence-electron chi connectivity index (χ4n) is 2.49. The molecule has 0 radical (unpaired) electrons. The van der Waals surface area contributed by atoms with Crippen molar-refractivity contribution in [2.24, 2.45) is 4.99 Å². The normalized spacial score (nSPS) is 11.3. The Bertz CT molecular complexity index is 1010. The van der Waals surface area contributed by atoms with Crippen LogP contribution in [0.4, 0.5) is 0 Å². The summed E-state index contributed by atoms with van der Waals surface area (Å²) < 4.78 is 13.9. The Hall–Kier alpha value is -3.04. The third-order valence-electron chi connectivity index (χ3n) is 3.54. The lowest BCUT2D eigenvalue weighted by Crippen LogP contribution is -2.19. The van der Waals surface area contributed by atoms with Crippen LogP contribution in [0.15, 0.2) is 53.5 Å². The molecular formula is C20H18N2O3S. The SMILES string of the molecule is C#CCn1c(=NC(=O)COc2ccccc2)sc2cccc(OCC)c21. The number of ether oxygens (including phenoxy) is 2. The maximum atomic E-state index is 12.2. The first kappa shape index (κ1) is 17.8. The Morgan fingerprint density at radius 1 is 1.19 bits per heavy atom. The van der Waals surface area contributed by atoms with Gasteiger partial charge in [0.15, 0.2) is 11.4 Å². The van der Waals surface area contributed by atoms with Crippen molar-refractivity contribution in [3.8, 4) is 23.8 Å². The van der Waals surface area contributed by atoms with Crippen molar-refractivity contribution in [3.63, 3.8) is 0 Å². The minimum absolute atomic E-state index is 0.132. The topological polar surface area (TPSA) is 52.8 Å². The zero-order valence-electron chi connectivity index (χ0n) is 14.3. The maximum absolute atomic E-state index is 12.2. The minimum Gasteiger partial charge on any atom is -0.492 e. The molecule has 0 saturated carbocycles. The molecule has 0 N–H and O–H groups in total. The third kappa shape index (κ3) is 3.95. The van der Waals surface area contributed by atoms with Crippen molar-refractivity contribution in [3.05, 3.63) is 53.3 Å². The summed E-state index contributed by atoms with van der Waals surface area (Å²) in [5, 5.41) is 0. The molecule has 3 rings (SSSR count). The number of nitrogens with zero attached hydrogens (tertiary/aromatic N) is 2. The van der Waals surface area contributed by atoms with E-state index in [1.54, 1.807) is 12.1 Å². The number of hydrogen-bond donors (Lipinski definition) is 0. The van der Waals surface area contributed by atoms with Gasteiger partial charge in [-0.15, -0.1) is 6.42 Å². The second kappa shape index (κ2) is 8.37. The Kier molecular flexibility index (Phi) is 5.72. The monoisotopic (exact) mass is 366 g/mol. The summed E-state index contributed by atoms with van der Waals surface area (Å²) >= 11 is 1.40. The van der Waals surface area contributed by atoms with Gasteiger partial charge in [-0.1, -0.05) is 41.5 Å². The van der Waals surface area contributed by atoms with E-state index in [1.807, 2.05) is 47.9 Å². The summed E-state index contributed by atoms with van der Waals surface area (Å²) in [6.07, 6.45) is 5.51. The lowest BCUT2D eigenvalue weighted by Gasteiger charge is -2.07. The van der Waals surface area contributed by atoms with Crippen LogP contribution in [0.25, 0.3) is 10.2 Å². The second-order valence-electron chi connectivity index (χ2n) is 5.32. The molecule has 1 amide bonds. The van der Waals surface area contributed by atoms with Gasteiger partial charge in [0, 0.05) is 0 Å². The first-order valence-electron chi connectivity index (χ1n) is 8.17. The predicted octanol–water partition coefficient (Wildman–Crippen LogP) is 3.24. The van der Waals surface area contributed by atoms with E-state index in [2.05, 4.69) is 10.9 Å². The number of carbonyl (C=O) groups is 1. The van der Waals surface area contributed by atoms with E-state index in [4.69, 9.17) is 15.9 Å². The molecule has 1 aromatic heterocycles. The number of rotatable bonds is 6. The molecule has 0 aliphatic carbocycles. The van der Waals surface area contributed by atoms with Gasteiger partial charge in [-0.05, 0) is 31.2 Å². The van der Waals surface area contributed by atoms with Crippen LogP contribution in [-0.2, 0) is 11.3 Å². The molecule has 132 valence electrons. The first-order chi connectivity index (χ1) is 12.7. The average Bonchev–Trinajstić information content (AvgIpc) is 3.00. The number of aromatic nitrogens is 1. The largest absolute Gasteiger partial charge is 0.492 e. The highest BCUT2D eigenvalue weighted by molar-refractivity contribution is 7.16. The van der Waals surface area contributed by atoms with Gasteiger partial charge in [-0.3, -0.25) is 4.79 Å². The lowest BCUT2D eigenvalue weighted by atomic mass is 10.3. The summed E-state index contributed by atoms with van der Waals surface area (Å²) in [4.78, 5) is 17.0. The van der Waals surface area contributed by atoms with Crippen molar-refractivity contribution >= 4 is 27.5 Å². The van der Waals surface area contributed by atoms with E-state index < -0.39 is 0 Å². The van der Waals surface area contributed by atoms with Crippen molar-refractivity contribution < 1.29 is 14.3 Å². The first-order valence-corrected chi connectivity index (χ1v) is 8.98. The summed E-state index contributed by atoms with van der Waals surface area (Å²) in [6.45, 7) is 2.64. The molecular weight excluding hydrogens is 348 g/mol. The van der Waals surface area contributed by atoms with Crippen LogP contribution in [0.2, 0.25) is 0 Å². The van der Waals surface area contributed by atoms with Crippen molar-refractivity contribution in [2.45, 2.75) is 13.5 Å². The number of terminal acetylenes is 1. The maximum Gasteiger partial charge on any atom is 0.286 e. The summed E-state index contributed by atoms with van der Waals surface area (Å²) in [5.41, 5.74) is 0.854. The molecule has 0 bridgehead atoms. The number of amides is 1. The van der Waals surface area contributed by atoms with E-state index >= 15 is 0 Å². The predicted molar refractivity (Wildman–Crippen MR) is 102 cm³/mol. The van der Waals surface area contributed by atoms with Crippen molar-refractivity contribution in [1.82, 2.24) is 4.57 Å². The summed E-state index contributed by atoms with van der Waals surface area (Å²) in [7, 11) is 0. The quantitative estimate of drug-likeness (QED) is 0.630. The van der Waals surface area contributed by atoms with Crippen LogP contribution in [0, 0.1) is 12.3 Å². The number of fused-ring (bicyclic) bond motifs is 1. The molecule has 0 aliphatic rings. The zero-order chi connectivity index (χ0) is 18.4. The molecule has 6 heteroatoms. The highest BCUT2D eigenvalue weighted by Gasteiger charge is 2.12. The second-order valence-corrected chi connectivity index (χ2v) is 6.33. The molecule has 3 aromatic rings. The van der Waals surface area contributed by atoms with Gasteiger partial charge in [0.2, 0.25) is 0 Å². The van der Waals surface area contributed by atoms with Crippen LogP contribution in [0.1, 0.15) is 6.92 Å². The highest BCUT2D eigenvalue weighted by atomic mass is 32.1. The number of hydrogen-bond acceptors (Lipinski definition) is 4. The van der Waals surface area contributed by atoms with E-state index in [-0.39, 0.29) is 12.5 Å². The van der Waals surface area contributed by atoms with Gasteiger partial charge >= 0.3 is 0 Å². The molecule has 0 spiro atoms. The van der Waals surface area contributed by atoms with E-state index in [0.717, 1.165) is 16.0 Å². The number of carbonyl (C=O) groups excluding carboxylic acids is 1. The fourth-order valence-corrected chi connectivity index (χ4v) is 3.56. The van der Waals surface area contributed by atoms with Crippen LogP contribution >= 0.6 is 11.3 Å². The molecule has 0 saturated heterocycles. The van der Waals surface area contributed by atoms with Gasteiger partial charge in [-0.2, -0.15) is 4.99 Å². The van der Waals surface area contributed by atoms with Gasteiger partial charge in [0.1, 0.15) is 17.0 Å². The number of para-hydroxylation sites is 2. The molecule has 2 aromatic carbocycles. The van der Waals surface area contributed by atoms with E-state index in [1.165, 1.54) is 11.3 Å². The molecule has 26 heavy (non-hydrogen) atoms. The third-order valence-corrected chi connectivity index (χ3v) is 4.58. The summed E-state index contributed by atoms with van der Waals surface area (Å²) in [6, 6.07) is 14.9. The Morgan fingerprint density at radius 3 is 2.73 bits per heavy atom. The molecule has 0 unspecified atom stereocenters. The number of benzene rings is 2.